The van der Waals surface area contributed by atoms with Crippen LogP contribution >= 0.6 is 0 Å². The van der Waals surface area contributed by atoms with E-state index in [2.05, 4.69) is 9.80 Å². The van der Waals surface area contributed by atoms with Gasteiger partial charge in [-0.2, -0.15) is 0 Å². The lowest BCUT2D eigenvalue weighted by Crippen LogP contribution is -2.15. The summed E-state index contributed by atoms with van der Waals surface area (Å²) in [6.45, 7) is 3.06. The van der Waals surface area contributed by atoms with Crippen LogP contribution in [-0.4, -0.2) is 72.7 Å². The van der Waals surface area contributed by atoms with E-state index in [-0.39, 0.29) is 0 Å². The standard InChI is InChI=1S/C22H30N2O4S/c1-23(2)11-5-13-27-17-7-9-21-19(15-17)20-16-18(28-14-6-12-24(3)4)8-10-22(20)29(21,25)26/h7-10,15-16H,5-6,11-14H2,1-4H3. The van der Waals surface area contributed by atoms with Gasteiger partial charge in [0.25, 0.3) is 0 Å². The molecule has 0 aromatic heterocycles. The van der Waals surface area contributed by atoms with Crippen LogP contribution in [0, 0.1) is 0 Å². The Balaban J connectivity index is 1.78. The summed E-state index contributed by atoms with van der Waals surface area (Å²) < 4.78 is 37.4. The van der Waals surface area contributed by atoms with Crippen molar-refractivity contribution in [3.63, 3.8) is 0 Å². The van der Waals surface area contributed by atoms with Crippen LogP contribution < -0.4 is 9.47 Å². The van der Waals surface area contributed by atoms with Crippen molar-refractivity contribution in [1.29, 1.82) is 0 Å². The van der Waals surface area contributed by atoms with Crippen molar-refractivity contribution < 1.29 is 17.9 Å². The third kappa shape index (κ3) is 5.10. The molecule has 0 aliphatic carbocycles. The molecule has 0 spiro atoms. The van der Waals surface area contributed by atoms with E-state index in [9.17, 15) is 8.42 Å². The Hall–Kier alpha value is -2.09. The van der Waals surface area contributed by atoms with Gasteiger partial charge in [-0.25, -0.2) is 8.42 Å². The molecule has 2 aromatic rings. The largest absolute Gasteiger partial charge is 0.494 e. The summed E-state index contributed by atoms with van der Waals surface area (Å²) >= 11 is 0. The van der Waals surface area contributed by atoms with Crippen LogP contribution in [0.2, 0.25) is 0 Å². The van der Waals surface area contributed by atoms with Gasteiger partial charge in [0, 0.05) is 24.2 Å². The number of rotatable bonds is 10. The molecule has 7 heteroatoms. The van der Waals surface area contributed by atoms with Crippen LogP contribution in [0.5, 0.6) is 11.5 Å². The van der Waals surface area contributed by atoms with Gasteiger partial charge in [-0.1, -0.05) is 0 Å². The Bertz CT molecular complexity index is 884. The minimum Gasteiger partial charge on any atom is -0.494 e. The van der Waals surface area contributed by atoms with Crippen molar-refractivity contribution in [3.8, 4) is 22.6 Å². The average Bonchev–Trinajstić information content (AvgIpc) is 2.89. The first-order valence-corrected chi connectivity index (χ1v) is 11.4. The first-order valence-electron chi connectivity index (χ1n) is 9.87. The molecule has 1 heterocycles. The number of nitrogens with zero attached hydrogens (tertiary/aromatic N) is 2. The maximum Gasteiger partial charge on any atom is 0.207 e. The number of fused-ring (bicyclic) bond motifs is 3. The first kappa shape index (κ1) is 21.6. The SMILES string of the molecule is CN(C)CCCOc1ccc2c(c1)-c1cc(OCCCN(C)C)ccc1S2(=O)=O. The zero-order valence-electron chi connectivity index (χ0n) is 17.6. The van der Waals surface area contributed by atoms with E-state index in [0.29, 0.717) is 45.6 Å². The van der Waals surface area contributed by atoms with E-state index in [1.54, 1.807) is 24.3 Å². The van der Waals surface area contributed by atoms with Crippen LogP contribution in [0.15, 0.2) is 46.2 Å². The zero-order valence-corrected chi connectivity index (χ0v) is 18.5. The summed E-state index contributed by atoms with van der Waals surface area (Å²) in [5.74, 6) is 1.37. The maximum absolute atomic E-state index is 12.9. The number of sulfone groups is 1. The lowest BCUT2D eigenvalue weighted by molar-refractivity contribution is 0.281. The Morgan fingerprint density at radius 2 is 1.14 bits per heavy atom. The van der Waals surface area contributed by atoms with Crippen LogP contribution in [0.1, 0.15) is 12.8 Å². The van der Waals surface area contributed by atoms with Gasteiger partial charge in [0.1, 0.15) is 11.5 Å². The third-order valence-corrected chi connectivity index (χ3v) is 6.68. The van der Waals surface area contributed by atoms with Gasteiger partial charge in [-0.15, -0.1) is 0 Å². The minimum absolute atomic E-state index is 0.331. The van der Waals surface area contributed by atoms with Gasteiger partial charge in [0.05, 0.1) is 23.0 Å². The molecule has 0 fully saturated rings. The normalized spacial score (nSPS) is 14.1. The molecule has 0 atom stereocenters. The highest BCUT2D eigenvalue weighted by Gasteiger charge is 2.33. The number of hydrogen-bond donors (Lipinski definition) is 0. The lowest BCUT2D eigenvalue weighted by atomic mass is 10.1. The van der Waals surface area contributed by atoms with Gasteiger partial charge >= 0.3 is 0 Å². The Morgan fingerprint density at radius 1 is 0.724 bits per heavy atom. The molecule has 6 nitrogen and oxygen atoms in total. The Morgan fingerprint density at radius 3 is 1.52 bits per heavy atom. The fourth-order valence-electron chi connectivity index (χ4n) is 3.35. The molecule has 158 valence electrons. The summed E-state index contributed by atoms with van der Waals surface area (Å²) in [5.41, 5.74) is 1.37. The summed E-state index contributed by atoms with van der Waals surface area (Å²) in [6.07, 6.45) is 1.81. The first-order chi connectivity index (χ1) is 13.8. The summed E-state index contributed by atoms with van der Waals surface area (Å²) in [7, 11) is 4.60. The number of benzene rings is 2. The van der Waals surface area contributed by atoms with Crippen LogP contribution in [0.3, 0.4) is 0 Å². The fraction of sp³-hybridized carbons (Fsp3) is 0.455. The Kier molecular flexibility index (Phi) is 6.82. The summed E-state index contributed by atoms with van der Waals surface area (Å²) in [5, 5.41) is 0. The molecule has 1 aliphatic rings. The number of hydrogen-bond acceptors (Lipinski definition) is 6. The average molecular weight is 419 g/mol. The smallest absolute Gasteiger partial charge is 0.207 e. The molecular weight excluding hydrogens is 388 g/mol. The lowest BCUT2D eigenvalue weighted by Gasteiger charge is -2.12. The van der Waals surface area contributed by atoms with Crippen molar-refractivity contribution in [2.45, 2.75) is 22.6 Å². The highest BCUT2D eigenvalue weighted by atomic mass is 32.2. The van der Waals surface area contributed by atoms with Crippen molar-refractivity contribution in [2.75, 3.05) is 54.5 Å². The van der Waals surface area contributed by atoms with E-state index < -0.39 is 9.84 Å². The second-order valence-corrected chi connectivity index (χ2v) is 9.72. The van der Waals surface area contributed by atoms with Gasteiger partial charge in [0.2, 0.25) is 9.84 Å². The van der Waals surface area contributed by atoms with Crippen molar-refractivity contribution in [1.82, 2.24) is 9.80 Å². The molecule has 0 bridgehead atoms. The van der Waals surface area contributed by atoms with Crippen LogP contribution in [-0.2, 0) is 9.84 Å². The van der Waals surface area contributed by atoms with Gasteiger partial charge in [-0.3, -0.25) is 0 Å². The summed E-state index contributed by atoms with van der Waals surface area (Å²) in [6, 6.07) is 10.4. The van der Waals surface area contributed by atoms with Crippen LogP contribution in [0.4, 0.5) is 0 Å². The minimum atomic E-state index is -3.50. The quantitative estimate of drug-likeness (QED) is 0.472. The zero-order chi connectivity index (χ0) is 21.0. The van der Waals surface area contributed by atoms with Gasteiger partial charge in [0.15, 0.2) is 0 Å². The second kappa shape index (κ2) is 9.15. The number of ether oxygens (including phenoxy) is 2. The second-order valence-electron chi connectivity index (χ2n) is 7.83. The predicted octanol–water partition coefficient (Wildman–Crippen LogP) is 3.16. The van der Waals surface area contributed by atoms with Crippen LogP contribution in [0.25, 0.3) is 11.1 Å². The monoisotopic (exact) mass is 418 g/mol. The molecule has 2 aromatic carbocycles. The van der Waals surface area contributed by atoms with E-state index in [1.807, 2.05) is 40.3 Å². The topological polar surface area (TPSA) is 59.1 Å². The molecule has 3 rings (SSSR count). The molecule has 0 amide bonds. The maximum atomic E-state index is 12.9. The highest BCUT2D eigenvalue weighted by Crippen LogP contribution is 2.45. The molecule has 0 radical (unpaired) electrons. The molecule has 0 saturated carbocycles. The highest BCUT2D eigenvalue weighted by molar-refractivity contribution is 7.92. The molecule has 29 heavy (non-hydrogen) atoms. The van der Waals surface area contributed by atoms with E-state index in [1.165, 1.54) is 0 Å². The molecule has 1 aliphatic heterocycles. The Labute approximate surface area is 174 Å². The van der Waals surface area contributed by atoms with E-state index >= 15 is 0 Å². The molecule has 0 unspecified atom stereocenters. The third-order valence-electron chi connectivity index (χ3n) is 4.81. The van der Waals surface area contributed by atoms with E-state index in [4.69, 9.17) is 9.47 Å². The molecule has 0 saturated heterocycles. The van der Waals surface area contributed by atoms with Crippen molar-refractivity contribution in [3.05, 3.63) is 36.4 Å². The predicted molar refractivity (Wildman–Crippen MR) is 115 cm³/mol. The molecular formula is C22H30N2O4S. The van der Waals surface area contributed by atoms with Gasteiger partial charge in [-0.05, 0) is 77.4 Å². The van der Waals surface area contributed by atoms with Crippen molar-refractivity contribution in [2.24, 2.45) is 0 Å². The van der Waals surface area contributed by atoms with Gasteiger partial charge < -0.3 is 19.3 Å². The fourth-order valence-corrected chi connectivity index (χ4v) is 5.00. The van der Waals surface area contributed by atoms with Crippen molar-refractivity contribution >= 4 is 9.84 Å². The van der Waals surface area contributed by atoms with E-state index in [0.717, 1.165) is 25.9 Å². The summed E-state index contributed by atoms with van der Waals surface area (Å²) in [4.78, 5) is 4.87. The molecule has 0 N–H and O–H groups in total.